The summed E-state index contributed by atoms with van der Waals surface area (Å²) in [5.41, 5.74) is 1.25. The van der Waals surface area contributed by atoms with Crippen molar-refractivity contribution in [3.05, 3.63) is 52.2 Å². The monoisotopic (exact) mass is 516 g/mol. The number of halogens is 1. The highest BCUT2D eigenvalue weighted by Gasteiger charge is 2.15. The molecule has 2 atom stereocenters. The third kappa shape index (κ3) is 7.97. The van der Waals surface area contributed by atoms with Crippen molar-refractivity contribution in [2.45, 2.75) is 19.4 Å². The first-order valence-electron chi connectivity index (χ1n) is 9.30. The predicted octanol–water partition coefficient (Wildman–Crippen LogP) is 4.02. The van der Waals surface area contributed by atoms with Gasteiger partial charge in [0.25, 0.3) is 0 Å². The highest BCUT2D eigenvalue weighted by Crippen LogP contribution is 2.20. The molecule has 28 heavy (non-hydrogen) atoms. The number of hydrogen-bond donors (Lipinski definition) is 2. The van der Waals surface area contributed by atoms with Gasteiger partial charge in [-0.1, -0.05) is 25.1 Å². The van der Waals surface area contributed by atoms with E-state index in [1.165, 1.54) is 10.4 Å². The van der Waals surface area contributed by atoms with E-state index in [2.05, 4.69) is 71.2 Å². The zero-order valence-electron chi connectivity index (χ0n) is 17.4. The molecule has 2 rings (SSSR count). The molecule has 0 spiro atoms. The second-order valence-electron chi connectivity index (χ2n) is 6.98. The van der Waals surface area contributed by atoms with Crippen LogP contribution in [0.4, 0.5) is 0 Å². The highest BCUT2D eigenvalue weighted by atomic mass is 127. The molecule has 1 aromatic carbocycles. The summed E-state index contributed by atoms with van der Waals surface area (Å²) >= 11 is 1.82. The highest BCUT2D eigenvalue weighted by molar-refractivity contribution is 14.0. The molecule has 7 heteroatoms. The quantitative estimate of drug-likeness (QED) is 0.300. The minimum absolute atomic E-state index is 0. The number of ether oxygens (including phenoxy) is 1. The third-order valence-corrected chi connectivity index (χ3v) is 5.46. The topological polar surface area (TPSA) is 48.9 Å². The summed E-state index contributed by atoms with van der Waals surface area (Å²) in [7, 11) is 7.69. The Kier molecular flexibility index (Phi) is 11.5. The van der Waals surface area contributed by atoms with Crippen LogP contribution in [0.1, 0.15) is 23.4 Å². The number of rotatable bonds is 9. The molecule has 0 radical (unpaired) electrons. The molecule has 0 aliphatic rings. The van der Waals surface area contributed by atoms with Crippen molar-refractivity contribution in [1.82, 2.24) is 15.5 Å². The fraction of sp³-hybridized carbons (Fsp3) is 0.476. The molecule has 0 saturated heterocycles. The number of benzene rings is 1. The number of methoxy groups -OCH3 is 1. The van der Waals surface area contributed by atoms with Crippen LogP contribution >= 0.6 is 35.3 Å². The molecule has 0 bridgehead atoms. The first kappa shape index (κ1) is 24.7. The van der Waals surface area contributed by atoms with E-state index in [9.17, 15) is 0 Å². The van der Waals surface area contributed by atoms with Gasteiger partial charge in [0.1, 0.15) is 5.75 Å². The van der Waals surface area contributed by atoms with Crippen molar-refractivity contribution >= 4 is 41.3 Å². The number of hydrogen-bond acceptors (Lipinski definition) is 4. The largest absolute Gasteiger partial charge is 0.497 e. The second kappa shape index (κ2) is 13.0. The first-order valence-corrected chi connectivity index (χ1v) is 10.2. The Morgan fingerprint density at radius 1 is 1.14 bits per heavy atom. The lowest BCUT2D eigenvalue weighted by Gasteiger charge is -2.26. The van der Waals surface area contributed by atoms with Gasteiger partial charge in [0.15, 0.2) is 5.96 Å². The van der Waals surface area contributed by atoms with Gasteiger partial charge in [-0.15, -0.1) is 35.3 Å². The summed E-state index contributed by atoms with van der Waals surface area (Å²) in [6.45, 7) is 3.94. The van der Waals surface area contributed by atoms with Gasteiger partial charge in [-0.05, 0) is 55.6 Å². The Morgan fingerprint density at radius 2 is 1.82 bits per heavy atom. The van der Waals surface area contributed by atoms with Crippen LogP contribution in [0.2, 0.25) is 0 Å². The molecular formula is C21H33IN4OS. The van der Waals surface area contributed by atoms with Crippen LogP contribution in [0.25, 0.3) is 0 Å². The van der Waals surface area contributed by atoms with Gasteiger partial charge in [-0.3, -0.25) is 4.99 Å². The Bertz CT molecular complexity index is 689. The van der Waals surface area contributed by atoms with E-state index >= 15 is 0 Å². The lowest BCUT2D eigenvalue weighted by molar-refractivity contribution is 0.297. The fourth-order valence-electron chi connectivity index (χ4n) is 2.95. The van der Waals surface area contributed by atoms with E-state index in [0.29, 0.717) is 5.92 Å². The van der Waals surface area contributed by atoms with Crippen molar-refractivity contribution in [3.8, 4) is 5.75 Å². The van der Waals surface area contributed by atoms with Crippen LogP contribution in [0.15, 0.2) is 46.8 Å². The van der Waals surface area contributed by atoms with Gasteiger partial charge >= 0.3 is 0 Å². The van der Waals surface area contributed by atoms with Crippen LogP contribution in [-0.2, 0) is 6.42 Å². The number of likely N-dealkylation sites (N-methyl/N-ethyl adjacent to an activating group) is 1. The molecule has 5 nitrogen and oxygen atoms in total. The smallest absolute Gasteiger partial charge is 0.191 e. The summed E-state index contributed by atoms with van der Waals surface area (Å²) in [6, 6.07) is 12.8. The average Bonchev–Trinajstić information content (AvgIpc) is 3.17. The summed E-state index contributed by atoms with van der Waals surface area (Å²) in [5.74, 6) is 2.27. The summed E-state index contributed by atoms with van der Waals surface area (Å²) in [6.07, 6.45) is 1.09. The molecule has 0 saturated carbocycles. The maximum atomic E-state index is 5.26. The fourth-order valence-corrected chi connectivity index (χ4v) is 3.82. The summed E-state index contributed by atoms with van der Waals surface area (Å²) < 4.78 is 5.26. The summed E-state index contributed by atoms with van der Waals surface area (Å²) in [4.78, 5) is 8.01. The van der Waals surface area contributed by atoms with Crippen molar-refractivity contribution in [3.63, 3.8) is 0 Å². The molecule has 156 valence electrons. The van der Waals surface area contributed by atoms with Crippen molar-refractivity contribution < 1.29 is 4.74 Å². The molecule has 2 aromatic rings. The predicted molar refractivity (Wildman–Crippen MR) is 131 cm³/mol. The molecule has 0 aliphatic carbocycles. The number of thiophene rings is 1. The Morgan fingerprint density at radius 3 is 2.36 bits per heavy atom. The maximum absolute atomic E-state index is 5.26. The lowest BCUT2D eigenvalue weighted by Crippen LogP contribution is -2.43. The van der Waals surface area contributed by atoms with E-state index in [-0.39, 0.29) is 30.0 Å². The van der Waals surface area contributed by atoms with Gasteiger partial charge in [-0.2, -0.15) is 0 Å². The van der Waals surface area contributed by atoms with Gasteiger partial charge in [0, 0.05) is 25.0 Å². The van der Waals surface area contributed by atoms with Crippen LogP contribution in [0.3, 0.4) is 0 Å². The minimum Gasteiger partial charge on any atom is -0.497 e. The Balaban J connectivity index is 0.00000392. The number of aliphatic imine (C=N–C) groups is 1. The Labute approximate surface area is 190 Å². The van der Waals surface area contributed by atoms with Crippen LogP contribution in [-0.4, -0.2) is 52.2 Å². The summed E-state index contributed by atoms with van der Waals surface area (Å²) in [5, 5.41) is 9.05. The minimum atomic E-state index is 0. The molecule has 2 N–H and O–H groups in total. The van der Waals surface area contributed by atoms with E-state index in [0.717, 1.165) is 31.2 Å². The van der Waals surface area contributed by atoms with Gasteiger partial charge in [0.05, 0.1) is 13.2 Å². The van der Waals surface area contributed by atoms with Crippen molar-refractivity contribution in [2.24, 2.45) is 10.9 Å². The van der Waals surface area contributed by atoms with E-state index in [1.807, 2.05) is 30.5 Å². The molecule has 0 aliphatic heterocycles. The number of guanidine groups is 1. The van der Waals surface area contributed by atoms with Crippen molar-refractivity contribution in [2.75, 3.05) is 41.3 Å². The molecule has 1 aromatic heterocycles. The molecule has 0 fully saturated rings. The van der Waals surface area contributed by atoms with Crippen LogP contribution < -0.4 is 15.4 Å². The van der Waals surface area contributed by atoms with E-state index in [1.54, 1.807) is 7.11 Å². The zero-order valence-corrected chi connectivity index (χ0v) is 20.6. The maximum Gasteiger partial charge on any atom is 0.191 e. The first-order chi connectivity index (χ1) is 13.0. The number of nitrogens with zero attached hydrogens (tertiary/aromatic N) is 2. The third-order valence-electron chi connectivity index (χ3n) is 4.56. The van der Waals surface area contributed by atoms with Gasteiger partial charge in [-0.25, -0.2) is 0 Å². The average molecular weight is 516 g/mol. The molecule has 2 unspecified atom stereocenters. The second-order valence-corrected chi connectivity index (χ2v) is 8.01. The molecular weight excluding hydrogens is 483 g/mol. The van der Waals surface area contributed by atoms with Crippen LogP contribution in [0, 0.1) is 5.92 Å². The lowest BCUT2D eigenvalue weighted by atomic mass is 10.1. The van der Waals surface area contributed by atoms with Crippen molar-refractivity contribution in [1.29, 1.82) is 0 Å². The molecule has 0 amide bonds. The molecule has 1 heterocycles. The normalized spacial score (nSPS) is 13.6. The van der Waals surface area contributed by atoms with Crippen LogP contribution in [0.5, 0.6) is 5.75 Å². The van der Waals surface area contributed by atoms with Gasteiger partial charge < -0.3 is 20.3 Å². The van der Waals surface area contributed by atoms with Gasteiger partial charge in [0.2, 0.25) is 0 Å². The SMILES string of the molecule is CN=C(NCC(C)Cc1cccs1)NCC(c1ccc(OC)cc1)N(C)C.I. The van der Waals surface area contributed by atoms with E-state index < -0.39 is 0 Å². The van der Waals surface area contributed by atoms with E-state index in [4.69, 9.17) is 4.74 Å². The zero-order chi connectivity index (χ0) is 19.6. The standard InChI is InChI=1S/C21H32N4OS.HI/c1-16(13-19-7-6-12-27-19)14-23-21(22-2)24-15-20(25(3)4)17-8-10-18(26-5)11-9-17;/h6-12,16,20H,13-15H2,1-5H3,(H2,22,23,24);1H. The Hall–Kier alpha value is -1.32. The number of nitrogens with one attached hydrogen (secondary N) is 2.